The molecule has 100 valence electrons. The molecule has 0 unspecified atom stereocenters. The molecule has 0 heterocycles. The number of benzene rings is 1. The van der Waals surface area contributed by atoms with Crippen molar-refractivity contribution >= 4 is 23.2 Å². The van der Waals surface area contributed by atoms with Crippen LogP contribution in [0, 0.1) is 0 Å². The fourth-order valence-electron chi connectivity index (χ4n) is 1.52. The van der Waals surface area contributed by atoms with E-state index in [-0.39, 0.29) is 12.5 Å². The molecular formula is C13H19ClN2O2. The van der Waals surface area contributed by atoms with E-state index in [0.717, 1.165) is 0 Å². The first-order chi connectivity index (χ1) is 8.41. The van der Waals surface area contributed by atoms with Crippen LogP contribution in [0.5, 0.6) is 0 Å². The van der Waals surface area contributed by atoms with Crippen molar-refractivity contribution in [3.8, 4) is 0 Å². The van der Waals surface area contributed by atoms with Gasteiger partial charge in [-0.1, -0.05) is 25.4 Å². The van der Waals surface area contributed by atoms with Crippen molar-refractivity contribution in [2.75, 3.05) is 12.3 Å². The van der Waals surface area contributed by atoms with Gasteiger partial charge in [0.15, 0.2) is 0 Å². The second-order valence-electron chi connectivity index (χ2n) is 4.35. The standard InChI is InChI=1S/C13H19ClN2O2/c1-3-13(18,4-2)8-16-12(17)9-5-6-11(15)10(14)7-9/h5-7,18H,3-4,8,15H2,1-2H3,(H,16,17). The quantitative estimate of drug-likeness (QED) is 0.718. The van der Waals surface area contributed by atoms with Crippen LogP contribution in [0.1, 0.15) is 37.0 Å². The summed E-state index contributed by atoms with van der Waals surface area (Å²) in [5.74, 6) is -0.266. The highest BCUT2D eigenvalue weighted by Gasteiger charge is 2.23. The van der Waals surface area contributed by atoms with Crippen molar-refractivity contribution in [3.63, 3.8) is 0 Å². The smallest absolute Gasteiger partial charge is 0.251 e. The number of rotatable bonds is 5. The number of hydrogen-bond acceptors (Lipinski definition) is 3. The minimum absolute atomic E-state index is 0.223. The van der Waals surface area contributed by atoms with Crippen molar-refractivity contribution in [3.05, 3.63) is 28.8 Å². The van der Waals surface area contributed by atoms with Crippen LogP contribution in [0.25, 0.3) is 0 Å². The van der Waals surface area contributed by atoms with Crippen LogP contribution in [0.2, 0.25) is 5.02 Å². The predicted octanol–water partition coefficient (Wildman–Crippen LogP) is 2.20. The fourth-order valence-corrected chi connectivity index (χ4v) is 1.70. The highest BCUT2D eigenvalue weighted by molar-refractivity contribution is 6.33. The lowest BCUT2D eigenvalue weighted by molar-refractivity contribution is 0.0314. The molecule has 0 spiro atoms. The lowest BCUT2D eigenvalue weighted by atomic mass is 9.97. The minimum atomic E-state index is -0.854. The molecule has 0 bridgehead atoms. The lowest BCUT2D eigenvalue weighted by Crippen LogP contribution is -2.42. The van der Waals surface area contributed by atoms with Crippen LogP contribution in [0.4, 0.5) is 5.69 Å². The van der Waals surface area contributed by atoms with Crippen molar-refractivity contribution in [1.82, 2.24) is 5.32 Å². The third-order valence-electron chi connectivity index (χ3n) is 3.16. The summed E-state index contributed by atoms with van der Waals surface area (Å²) < 4.78 is 0. The number of amides is 1. The van der Waals surface area contributed by atoms with E-state index in [9.17, 15) is 9.90 Å². The van der Waals surface area contributed by atoms with Gasteiger partial charge in [-0.2, -0.15) is 0 Å². The zero-order valence-corrected chi connectivity index (χ0v) is 11.4. The van der Waals surface area contributed by atoms with Gasteiger partial charge in [0.1, 0.15) is 0 Å². The molecular weight excluding hydrogens is 252 g/mol. The molecule has 4 N–H and O–H groups in total. The summed E-state index contributed by atoms with van der Waals surface area (Å²) in [7, 11) is 0. The van der Waals surface area contributed by atoms with Crippen LogP contribution in [-0.2, 0) is 0 Å². The number of nitrogens with one attached hydrogen (secondary N) is 1. The number of carbonyl (C=O) groups is 1. The van der Waals surface area contributed by atoms with Crippen LogP contribution in [0.3, 0.4) is 0 Å². The van der Waals surface area contributed by atoms with Gasteiger partial charge in [0, 0.05) is 12.1 Å². The van der Waals surface area contributed by atoms with E-state index in [1.54, 1.807) is 12.1 Å². The van der Waals surface area contributed by atoms with Crippen molar-refractivity contribution in [2.24, 2.45) is 0 Å². The molecule has 1 rings (SSSR count). The Morgan fingerprint density at radius 2 is 2.06 bits per heavy atom. The number of hydrogen-bond donors (Lipinski definition) is 3. The van der Waals surface area contributed by atoms with Gasteiger partial charge in [0.05, 0.1) is 16.3 Å². The van der Waals surface area contributed by atoms with Gasteiger partial charge in [-0.05, 0) is 31.0 Å². The summed E-state index contributed by atoms with van der Waals surface area (Å²) in [6.07, 6.45) is 1.18. The second kappa shape index (κ2) is 6.07. The SMILES string of the molecule is CCC(O)(CC)CNC(=O)c1ccc(N)c(Cl)c1. The van der Waals surface area contributed by atoms with E-state index >= 15 is 0 Å². The van der Waals surface area contributed by atoms with Gasteiger partial charge in [0.2, 0.25) is 0 Å². The van der Waals surface area contributed by atoms with E-state index in [4.69, 9.17) is 17.3 Å². The van der Waals surface area contributed by atoms with Crippen LogP contribution in [-0.4, -0.2) is 23.2 Å². The monoisotopic (exact) mass is 270 g/mol. The van der Waals surface area contributed by atoms with Crippen LogP contribution >= 0.6 is 11.6 Å². The van der Waals surface area contributed by atoms with E-state index in [0.29, 0.717) is 29.1 Å². The first-order valence-electron chi connectivity index (χ1n) is 5.97. The maximum atomic E-state index is 11.9. The van der Waals surface area contributed by atoms with Crippen LogP contribution < -0.4 is 11.1 Å². The Labute approximate surface area is 112 Å². The number of anilines is 1. The first-order valence-corrected chi connectivity index (χ1v) is 6.35. The average Bonchev–Trinajstić information content (AvgIpc) is 2.38. The molecule has 4 nitrogen and oxygen atoms in total. The van der Waals surface area contributed by atoms with Gasteiger partial charge in [0.25, 0.3) is 5.91 Å². The second-order valence-corrected chi connectivity index (χ2v) is 4.76. The molecule has 0 radical (unpaired) electrons. The summed E-state index contributed by atoms with van der Waals surface area (Å²) >= 11 is 5.85. The number of nitrogens with two attached hydrogens (primary N) is 1. The summed E-state index contributed by atoms with van der Waals surface area (Å²) in [5, 5.41) is 13.1. The molecule has 0 fully saturated rings. The third kappa shape index (κ3) is 3.62. The van der Waals surface area contributed by atoms with Gasteiger partial charge >= 0.3 is 0 Å². The third-order valence-corrected chi connectivity index (χ3v) is 3.48. The zero-order valence-electron chi connectivity index (χ0n) is 10.7. The van der Waals surface area contributed by atoms with Gasteiger partial charge in [-0.25, -0.2) is 0 Å². The predicted molar refractivity (Wildman–Crippen MR) is 73.7 cm³/mol. The highest BCUT2D eigenvalue weighted by Crippen LogP contribution is 2.20. The summed E-state index contributed by atoms with van der Waals surface area (Å²) in [5.41, 5.74) is 5.59. The molecule has 1 amide bonds. The number of carbonyl (C=O) groups excluding carboxylic acids is 1. The molecule has 1 aromatic rings. The molecule has 0 saturated carbocycles. The molecule has 0 aliphatic rings. The molecule has 5 heteroatoms. The van der Waals surface area contributed by atoms with Gasteiger partial charge < -0.3 is 16.2 Å². The number of halogens is 1. The molecule has 0 atom stereocenters. The molecule has 18 heavy (non-hydrogen) atoms. The Hall–Kier alpha value is -1.26. The summed E-state index contributed by atoms with van der Waals surface area (Å²) in [6.45, 7) is 3.99. The van der Waals surface area contributed by atoms with E-state index in [1.165, 1.54) is 6.07 Å². The van der Waals surface area contributed by atoms with E-state index < -0.39 is 5.60 Å². The Bertz CT molecular complexity index is 431. The number of nitrogen functional groups attached to an aromatic ring is 1. The van der Waals surface area contributed by atoms with Gasteiger partial charge in [-0.3, -0.25) is 4.79 Å². The largest absolute Gasteiger partial charge is 0.398 e. The topological polar surface area (TPSA) is 75.3 Å². The highest BCUT2D eigenvalue weighted by atomic mass is 35.5. The van der Waals surface area contributed by atoms with Gasteiger partial charge in [-0.15, -0.1) is 0 Å². The van der Waals surface area contributed by atoms with Crippen molar-refractivity contribution in [2.45, 2.75) is 32.3 Å². The maximum absolute atomic E-state index is 11.9. The Morgan fingerprint density at radius 3 is 2.56 bits per heavy atom. The Kier molecular flexibility index (Phi) is 4.99. The van der Waals surface area contributed by atoms with E-state index in [1.807, 2.05) is 13.8 Å². The van der Waals surface area contributed by atoms with Crippen molar-refractivity contribution in [1.29, 1.82) is 0 Å². The number of aliphatic hydroxyl groups is 1. The molecule has 0 aliphatic heterocycles. The molecule has 0 saturated heterocycles. The summed E-state index contributed by atoms with van der Waals surface area (Å²) in [6, 6.07) is 4.71. The lowest BCUT2D eigenvalue weighted by Gasteiger charge is -2.25. The summed E-state index contributed by atoms with van der Waals surface area (Å²) in [4.78, 5) is 11.9. The molecule has 1 aromatic carbocycles. The van der Waals surface area contributed by atoms with Crippen molar-refractivity contribution < 1.29 is 9.90 Å². The minimum Gasteiger partial charge on any atom is -0.398 e. The van der Waals surface area contributed by atoms with Crippen LogP contribution in [0.15, 0.2) is 18.2 Å². The normalized spacial score (nSPS) is 11.3. The molecule has 0 aliphatic carbocycles. The fraction of sp³-hybridized carbons (Fsp3) is 0.462. The van der Waals surface area contributed by atoms with E-state index in [2.05, 4.69) is 5.32 Å². The molecule has 0 aromatic heterocycles. The average molecular weight is 271 g/mol. The Morgan fingerprint density at radius 1 is 1.44 bits per heavy atom. The first kappa shape index (κ1) is 14.8. The maximum Gasteiger partial charge on any atom is 0.251 e. The Balaban J connectivity index is 2.68. The zero-order chi connectivity index (χ0) is 13.8.